The number of nitrogens with zero attached hydrogens (tertiary/aromatic N) is 4. The summed E-state index contributed by atoms with van der Waals surface area (Å²) in [5.74, 6) is 1.27. The molecule has 0 N–H and O–H groups in total. The number of aromatic nitrogens is 2. The fourth-order valence-electron chi connectivity index (χ4n) is 3.52. The smallest absolute Gasteiger partial charge is 0.415 e. The fourth-order valence-corrected chi connectivity index (χ4v) is 3.52. The molecule has 0 aromatic carbocycles. The Bertz CT molecular complexity index is 660. The molecule has 2 fully saturated rings. The zero-order chi connectivity index (χ0) is 18.9. The Hall–Kier alpha value is -2.18. The lowest BCUT2D eigenvalue weighted by atomic mass is 9.89. The summed E-state index contributed by atoms with van der Waals surface area (Å²) < 4.78 is 5.02. The summed E-state index contributed by atoms with van der Waals surface area (Å²) in [6.07, 6.45) is 5.86. The van der Waals surface area contributed by atoms with Gasteiger partial charge in [0.25, 0.3) is 0 Å². The Labute approximate surface area is 154 Å². The van der Waals surface area contributed by atoms with E-state index < -0.39 is 0 Å². The lowest BCUT2D eigenvalue weighted by Gasteiger charge is -2.35. The van der Waals surface area contributed by atoms with Crippen LogP contribution in [0.25, 0.3) is 0 Å². The Morgan fingerprint density at radius 3 is 2.42 bits per heavy atom. The maximum absolute atomic E-state index is 12.4. The molecule has 0 aliphatic carbocycles. The molecule has 7 heteroatoms. The number of amides is 2. The molecule has 0 saturated carbocycles. The van der Waals surface area contributed by atoms with Gasteiger partial charge >= 0.3 is 6.09 Å². The molecule has 2 saturated heterocycles. The number of hydrogen-bond donors (Lipinski definition) is 0. The third-order valence-electron chi connectivity index (χ3n) is 5.07. The van der Waals surface area contributed by atoms with Crippen LogP contribution in [0.2, 0.25) is 0 Å². The minimum absolute atomic E-state index is 0.0210. The van der Waals surface area contributed by atoms with Crippen LogP contribution >= 0.6 is 0 Å². The normalized spacial score (nSPS) is 21.8. The summed E-state index contributed by atoms with van der Waals surface area (Å²) in [6, 6.07) is -0.0210. The van der Waals surface area contributed by atoms with Gasteiger partial charge in [-0.05, 0) is 32.1 Å². The van der Waals surface area contributed by atoms with Crippen molar-refractivity contribution in [2.45, 2.75) is 53.0 Å². The average Bonchev–Trinajstić information content (AvgIpc) is 2.94. The molecule has 26 heavy (non-hydrogen) atoms. The summed E-state index contributed by atoms with van der Waals surface area (Å²) in [7, 11) is 0. The van der Waals surface area contributed by atoms with Gasteiger partial charge in [-0.3, -0.25) is 14.7 Å². The summed E-state index contributed by atoms with van der Waals surface area (Å²) in [4.78, 5) is 36.5. The highest BCUT2D eigenvalue weighted by molar-refractivity contribution is 5.88. The zero-order valence-corrected chi connectivity index (χ0v) is 16.1. The predicted molar refractivity (Wildman–Crippen MR) is 97.8 cm³/mol. The fraction of sp³-hybridized carbons (Fsp3) is 0.684. The number of rotatable bonds is 3. The number of hydrogen-bond acceptors (Lipinski definition) is 5. The molecule has 0 bridgehead atoms. The van der Waals surface area contributed by atoms with Crippen LogP contribution in [0.5, 0.6) is 0 Å². The standard InChI is InChI=1S/C19H28N4O3/c1-13-12-26-18(25)23(13)16-11-20-15(10-21-16)9-14-5-7-22(8-6-14)17(24)19(2,3)4/h10-11,13-14H,5-9,12H2,1-4H3/t13-/m0/s1. The Balaban J connectivity index is 1.54. The molecule has 1 atom stereocenters. The molecule has 1 aromatic heterocycles. The van der Waals surface area contributed by atoms with E-state index in [1.165, 1.54) is 4.90 Å². The van der Waals surface area contributed by atoms with Crippen molar-refractivity contribution < 1.29 is 14.3 Å². The van der Waals surface area contributed by atoms with Gasteiger partial charge in [-0.15, -0.1) is 0 Å². The summed E-state index contributed by atoms with van der Waals surface area (Å²) >= 11 is 0. The van der Waals surface area contributed by atoms with Gasteiger partial charge in [0.2, 0.25) is 5.91 Å². The number of carbonyl (C=O) groups is 2. The van der Waals surface area contributed by atoms with Crippen molar-refractivity contribution in [3.8, 4) is 0 Å². The Morgan fingerprint density at radius 2 is 1.92 bits per heavy atom. The second kappa shape index (κ2) is 7.21. The molecule has 0 unspecified atom stereocenters. The maximum Gasteiger partial charge on any atom is 0.415 e. The first-order valence-electron chi connectivity index (χ1n) is 9.32. The molecule has 2 amide bonds. The lowest BCUT2D eigenvalue weighted by molar-refractivity contribution is -0.140. The molecule has 1 aromatic rings. The topological polar surface area (TPSA) is 75.6 Å². The van der Waals surface area contributed by atoms with Crippen LogP contribution in [0.3, 0.4) is 0 Å². The third kappa shape index (κ3) is 3.97. The highest BCUT2D eigenvalue weighted by Crippen LogP contribution is 2.26. The minimum atomic E-state index is -0.365. The van der Waals surface area contributed by atoms with Crippen molar-refractivity contribution in [2.24, 2.45) is 11.3 Å². The van der Waals surface area contributed by atoms with Gasteiger partial charge in [0.1, 0.15) is 6.61 Å². The summed E-state index contributed by atoms with van der Waals surface area (Å²) in [6.45, 7) is 9.83. The van der Waals surface area contributed by atoms with Crippen molar-refractivity contribution in [3.05, 3.63) is 18.1 Å². The third-order valence-corrected chi connectivity index (χ3v) is 5.07. The highest BCUT2D eigenvalue weighted by Gasteiger charge is 2.32. The van der Waals surface area contributed by atoms with E-state index in [0.717, 1.165) is 38.0 Å². The van der Waals surface area contributed by atoms with Gasteiger partial charge < -0.3 is 9.64 Å². The van der Waals surface area contributed by atoms with Crippen LogP contribution in [0.4, 0.5) is 10.6 Å². The number of carbonyl (C=O) groups excluding carboxylic acids is 2. The van der Waals surface area contributed by atoms with Gasteiger partial charge in [0.05, 0.1) is 24.1 Å². The van der Waals surface area contributed by atoms with Crippen LogP contribution in [-0.4, -0.2) is 52.6 Å². The molecule has 142 valence electrons. The molecule has 7 nitrogen and oxygen atoms in total. The number of ether oxygens (including phenoxy) is 1. The van der Waals surface area contributed by atoms with E-state index in [-0.39, 0.29) is 23.5 Å². The predicted octanol–water partition coefficient (Wildman–Crippen LogP) is 2.65. The molecule has 3 rings (SSSR count). The van der Waals surface area contributed by atoms with Gasteiger partial charge in [0.15, 0.2) is 5.82 Å². The van der Waals surface area contributed by atoms with Gasteiger partial charge in [-0.2, -0.15) is 0 Å². The van der Waals surface area contributed by atoms with Crippen LogP contribution in [0, 0.1) is 11.3 Å². The second-order valence-electron chi connectivity index (χ2n) is 8.35. The maximum atomic E-state index is 12.4. The van der Waals surface area contributed by atoms with E-state index in [4.69, 9.17) is 4.74 Å². The van der Waals surface area contributed by atoms with Crippen molar-refractivity contribution >= 4 is 17.8 Å². The van der Waals surface area contributed by atoms with E-state index in [0.29, 0.717) is 18.3 Å². The van der Waals surface area contributed by atoms with Gasteiger partial charge in [-0.25, -0.2) is 9.78 Å². The van der Waals surface area contributed by atoms with Crippen molar-refractivity contribution in [3.63, 3.8) is 0 Å². The van der Waals surface area contributed by atoms with Crippen molar-refractivity contribution in [1.82, 2.24) is 14.9 Å². The monoisotopic (exact) mass is 360 g/mol. The van der Waals surface area contributed by atoms with Crippen molar-refractivity contribution in [2.75, 3.05) is 24.6 Å². The molecule has 0 spiro atoms. The number of anilines is 1. The van der Waals surface area contributed by atoms with E-state index in [2.05, 4.69) is 9.97 Å². The molecule has 0 radical (unpaired) electrons. The average molecular weight is 360 g/mol. The molecular formula is C19H28N4O3. The van der Waals surface area contributed by atoms with Crippen LogP contribution in [-0.2, 0) is 16.0 Å². The number of likely N-dealkylation sites (tertiary alicyclic amines) is 1. The molecule has 3 heterocycles. The molecule has 2 aliphatic rings. The van der Waals surface area contributed by atoms with E-state index in [1.54, 1.807) is 12.4 Å². The van der Waals surface area contributed by atoms with Crippen LogP contribution in [0.1, 0.15) is 46.2 Å². The van der Waals surface area contributed by atoms with Crippen LogP contribution in [0.15, 0.2) is 12.4 Å². The van der Waals surface area contributed by atoms with Crippen LogP contribution < -0.4 is 4.90 Å². The molecule has 2 aliphatic heterocycles. The number of piperidine rings is 1. The Morgan fingerprint density at radius 1 is 1.23 bits per heavy atom. The lowest BCUT2D eigenvalue weighted by Crippen LogP contribution is -2.44. The van der Waals surface area contributed by atoms with Crippen molar-refractivity contribution in [1.29, 1.82) is 0 Å². The largest absolute Gasteiger partial charge is 0.447 e. The first kappa shape index (κ1) is 18.6. The summed E-state index contributed by atoms with van der Waals surface area (Å²) in [5.41, 5.74) is 0.608. The Kier molecular flexibility index (Phi) is 5.16. The summed E-state index contributed by atoms with van der Waals surface area (Å²) in [5, 5.41) is 0. The number of cyclic esters (lactones) is 1. The SMILES string of the molecule is C[C@H]1COC(=O)N1c1cnc(CC2CCN(C(=O)C(C)(C)C)CC2)cn1. The quantitative estimate of drug-likeness (QED) is 0.828. The van der Waals surface area contributed by atoms with E-state index >= 15 is 0 Å². The second-order valence-corrected chi connectivity index (χ2v) is 8.35. The minimum Gasteiger partial charge on any atom is -0.447 e. The highest BCUT2D eigenvalue weighted by atomic mass is 16.6. The molecular weight excluding hydrogens is 332 g/mol. The first-order valence-corrected chi connectivity index (χ1v) is 9.32. The van der Waals surface area contributed by atoms with E-state index in [1.807, 2.05) is 32.6 Å². The zero-order valence-electron chi connectivity index (χ0n) is 16.1. The first-order chi connectivity index (χ1) is 12.3. The van der Waals surface area contributed by atoms with Gasteiger partial charge in [0, 0.05) is 18.5 Å². The van der Waals surface area contributed by atoms with E-state index in [9.17, 15) is 9.59 Å². The van der Waals surface area contributed by atoms with Gasteiger partial charge in [-0.1, -0.05) is 20.8 Å².